The molecule has 0 amide bonds. The molecule has 0 spiro atoms. The number of nitrogens with one attached hydrogen (secondary N) is 1. The predicted octanol–water partition coefficient (Wildman–Crippen LogP) is 4.45. The van der Waals surface area contributed by atoms with Gasteiger partial charge in [0.2, 0.25) is 0 Å². The molecule has 108 valence electrons. The molecular formula is C18H20N2S. The van der Waals surface area contributed by atoms with Crippen LogP contribution in [0.25, 0.3) is 0 Å². The van der Waals surface area contributed by atoms with Crippen molar-refractivity contribution in [3.8, 4) is 0 Å². The number of hydrogen-bond donors (Lipinski definition) is 1. The highest BCUT2D eigenvalue weighted by atomic mass is 32.1. The second kappa shape index (κ2) is 5.86. The van der Waals surface area contributed by atoms with E-state index in [0.717, 1.165) is 30.2 Å². The minimum absolute atomic E-state index is 0.781. The molecule has 0 atom stereocenters. The zero-order valence-corrected chi connectivity index (χ0v) is 13.3. The van der Waals surface area contributed by atoms with E-state index in [1.54, 1.807) is 0 Å². The van der Waals surface area contributed by atoms with E-state index in [2.05, 4.69) is 66.5 Å². The number of nitrogens with zero attached hydrogens (tertiary/aromatic N) is 1. The van der Waals surface area contributed by atoms with Crippen LogP contribution in [0.5, 0.6) is 0 Å². The molecule has 3 rings (SSSR count). The van der Waals surface area contributed by atoms with Crippen molar-refractivity contribution in [1.29, 1.82) is 0 Å². The van der Waals surface area contributed by atoms with Crippen LogP contribution in [0.15, 0.2) is 42.5 Å². The van der Waals surface area contributed by atoms with E-state index in [1.807, 2.05) is 0 Å². The maximum Gasteiger partial charge on any atom is 0.177 e. The van der Waals surface area contributed by atoms with Crippen LogP contribution in [-0.4, -0.2) is 11.7 Å². The van der Waals surface area contributed by atoms with Crippen molar-refractivity contribution in [3.05, 3.63) is 59.2 Å². The molecule has 21 heavy (non-hydrogen) atoms. The summed E-state index contributed by atoms with van der Waals surface area (Å²) in [7, 11) is 0. The molecule has 0 aliphatic carbocycles. The fourth-order valence-corrected chi connectivity index (χ4v) is 3.07. The molecule has 1 aliphatic rings. The van der Waals surface area contributed by atoms with Gasteiger partial charge in [-0.3, -0.25) is 0 Å². The lowest BCUT2D eigenvalue weighted by Gasteiger charge is -2.32. The molecule has 1 heterocycles. The second-order valence-electron chi connectivity index (χ2n) is 5.68. The number of hydrogen-bond acceptors (Lipinski definition) is 1. The van der Waals surface area contributed by atoms with E-state index in [9.17, 15) is 0 Å². The highest BCUT2D eigenvalue weighted by Gasteiger charge is 2.20. The van der Waals surface area contributed by atoms with E-state index >= 15 is 0 Å². The number of thiocarbonyl (C=S) groups is 1. The van der Waals surface area contributed by atoms with Crippen molar-refractivity contribution >= 4 is 28.7 Å². The third-order valence-corrected chi connectivity index (χ3v) is 4.22. The first-order chi connectivity index (χ1) is 10.1. The number of benzene rings is 2. The van der Waals surface area contributed by atoms with Gasteiger partial charge in [0.25, 0.3) is 0 Å². The minimum Gasteiger partial charge on any atom is -0.332 e. The third-order valence-electron chi connectivity index (χ3n) is 3.90. The van der Waals surface area contributed by atoms with E-state index in [0.29, 0.717) is 0 Å². The lowest BCUT2D eigenvalue weighted by atomic mass is 10.00. The Morgan fingerprint density at radius 2 is 1.76 bits per heavy atom. The molecule has 2 aromatic rings. The fraction of sp³-hybridized carbons (Fsp3) is 0.278. The molecule has 2 aromatic carbocycles. The summed E-state index contributed by atoms with van der Waals surface area (Å²) in [4.78, 5) is 2.22. The average molecular weight is 296 g/mol. The monoisotopic (exact) mass is 296 g/mol. The van der Waals surface area contributed by atoms with Crippen LogP contribution in [0.3, 0.4) is 0 Å². The Morgan fingerprint density at radius 1 is 1.05 bits per heavy atom. The van der Waals surface area contributed by atoms with Crippen LogP contribution >= 0.6 is 12.2 Å². The van der Waals surface area contributed by atoms with E-state index in [4.69, 9.17) is 12.2 Å². The van der Waals surface area contributed by atoms with E-state index < -0.39 is 0 Å². The Morgan fingerprint density at radius 3 is 2.52 bits per heavy atom. The summed E-state index contributed by atoms with van der Waals surface area (Å²) < 4.78 is 0. The van der Waals surface area contributed by atoms with E-state index in [1.165, 1.54) is 22.4 Å². The van der Waals surface area contributed by atoms with Gasteiger partial charge < -0.3 is 10.2 Å². The van der Waals surface area contributed by atoms with Gasteiger partial charge in [-0.15, -0.1) is 0 Å². The highest BCUT2D eigenvalue weighted by molar-refractivity contribution is 7.80. The average Bonchev–Trinajstić information content (AvgIpc) is 2.48. The minimum atomic E-state index is 0.781. The molecule has 0 radical (unpaired) electrons. The molecule has 0 bridgehead atoms. The van der Waals surface area contributed by atoms with Crippen molar-refractivity contribution in [2.45, 2.75) is 26.7 Å². The summed E-state index contributed by atoms with van der Waals surface area (Å²) in [6, 6.07) is 15.0. The Balaban J connectivity index is 1.81. The van der Waals surface area contributed by atoms with Crippen molar-refractivity contribution in [2.24, 2.45) is 0 Å². The maximum atomic E-state index is 5.61. The Bertz CT molecular complexity index is 661. The standard InChI is InChI=1S/C18H20N2S/c1-13-5-8-16(9-6-13)19-18(21)20-11-3-4-15-12-14(2)7-10-17(15)20/h5-10,12H,3-4,11H2,1-2H3,(H,19,21). The molecule has 0 saturated heterocycles. The fourth-order valence-electron chi connectivity index (χ4n) is 2.76. The van der Waals surface area contributed by atoms with Gasteiger partial charge in [0.15, 0.2) is 5.11 Å². The summed E-state index contributed by atoms with van der Waals surface area (Å²) in [6.07, 6.45) is 2.28. The van der Waals surface area contributed by atoms with Gasteiger partial charge in [-0.25, -0.2) is 0 Å². The van der Waals surface area contributed by atoms with Crippen molar-refractivity contribution in [1.82, 2.24) is 0 Å². The first-order valence-electron chi connectivity index (χ1n) is 7.38. The van der Waals surface area contributed by atoms with Crippen molar-refractivity contribution in [2.75, 3.05) is 16.8 Å². The van der Waals surface area contributed by atoms with Gasteiger partial charge in [0.1, 0.15) is 0 Å². The third kappa shape index (κ3) is 3.08. The molecular weight excluding hydrogens is 276 g/mol. The Labute approximate surface area is 131 Å². The first kappa shape index (κ1) is 14.1. The normalized spacial score (nSPS) is 13.7. The van der Waals surface area contributed by atoms with Crippen LogP contribution in [0.4, 0.5) is 11.4 Å². The Hall–Kier alpha value is -1.87. The van der Waals surface area contributed by atoms with Gasteiger partial charge in [-0.1, -0.05) is 35.4 Å². The summed E-state index contributed by atoms with van der Waals surface area (Å²) in [5.41, 5.74) is 6.26. The number of aryl methyl sites for hydroxylation is 3. The maximum absolute atomic E-state index is 5.61. The van der Waals surface area contributed by atoms with Crippen molar-refractivity contribution < 1.29 is 0 Å². The van der Waals surface area contributed by atoms with Gasteiger partial charge in [-0.05, 0) is 62.7 Å². The number of rotatable bonds is 1. The van der Waals surface area contributed by atoms with Gasteiger partial charge in [0.05, 0.1) is 0 Å². The molecule has 0 aromatic heterocycles. The SMILES string of the molecule is Cc1ccc(NC(=S)N2CCCc3cc(C)ccc32)cc1. The second-order valence-corrected chi connectivity index (χ2v) is 6.07. The highest BCUT2D eigenvalue weighted by Crippen LogP contribution is 2.28. The molecule has 3 heteroatoms. The van der Waals surface area contributed by atoms with Crippen molar-refractivity contribution in [3.63, 3.8) is 0 Å². The molecule has 1 N–H and O–H groups in total. The summed E-state index contributed by atoms with van der Waals surface area (Å²) in [6.45, 7) is 5.21. The predicted molar refractivity (Wildman–Crippen MR) is 94.2 cm³/mol. The van der Waals surface area contributed by atoms with Crippen LogP contribution in [0, 0.1) is 13.8 Å². The Kier molecular flexibility index (Phi) is 3.93. The summed E-state index contributed by atoms with van der Waals surface area (Å²) in [5, 5.41) is 4.13. The first-order valence-corrected chi connectivity index (χ1v) is 7.79. The van der Waals surface area contributed by atoms with Gasteiger partial charge in [-0.2, -0.15) is 0 Å². The number of anilines is 2. The lowest BCUT2D eigenvalue weighted by molar-refractivity contribution is 0.780. The summed E-state index contributed by atoms with van der Waals surface area (Å²) in [5.74, 6) is 0. The topological polar surface area (TPSA) is 15.3 Å². The van der Waals surface area contributed by atoms with Crippen LogP contribution in [0.2, 0.25) is 0 Å². The molecule has 0 unspecified atom stereocenters. The molecule has 0 fully saturated rings. The van der Waals surface area contributed by atoms with Crippen LogP contribution in [-0.2, 0) is 6.42 Å². The van der Waals surface area contributed by atoms with Crippen LogP contribution < -0.4 is 10.2 Å². The molecule has 2 nitrogen and oxygen atoms in total. The summed E-state index contributed by atoms with van der Waals surface area (Å²) >= 11 is 5.61. The molecule has 1 aliphatic heterocycles. The zero-order valence-electron chi connectivity index (χ0n) is 12.5. The smallest absolute Gasteiger partial charge is 0.177 e. The van der Waals surface area contributed by atoms with Gasteiger partial charge in [0, 0.05) is 17.9 Å². The zero-order chi connectivity index (χ0) is 14.8. The molecule has 0 saturated carbocycles. The number of fused-ring (bicyclic) bond motifs is 1. The quantitative estimate of drug-likeness (QED) is 0.783. The van der Waals surface area contributed by atoms with E-state index in [-0.39, 0.29) is 0 Å². The van der Waals surface area contributed by atoms with Gasteiger partial charge >= 0.3 is 0 Å². The van der Waals surface area contributed by atoms with Crippen LogP contribution in [0.1, 0.15) is 23.1 Å². The lowest BCUT2D eigenvalue weighted by Crippen LogP contribution is -2.38. The largest absolute Gasteiger partial charge is 0.332 e.